The molecule has 112 valence electrons. The Labute approximate surface area is 120 Å². The SMILES string of the molecule is CC(C)(C)OC(=O)c1cn(S(C)(=O)=O)c2c1CCCC2. The number of hydrogen-bond acceptors (Lipinski definition) is 4. The Kier molecular flexibility index (Phi) is 3.71. The van der Waals surface area contributed by atoms with Gasteiger partial charge in [-0.3, -0.25) is 0 Å². The number of ether oxygens (including phenoxy) is 1. The minimum atomic E-state index is -3.39. The summed E-state index contributed by atoms with van der Waals surface area (Å²) in [6, 6.07) is 0. The standard InChI is InChI=1S/C14H21NO4S/c1-14(2,3)19-13(16)11-9-15(20(4,17)18)12-8-6-5-7-10(11)12/h9H,5-8H2,1-4H3. The predicted molar refractivity (Wildman–Crippen MR) is 76.5 cm³/mol. The van der Waals surface area contributed by atoms with E-state index < -0.39 is 21.6 Å². The zero-order valence-corrected chi connectivity index (χ0v) is 13.2. The summed E-state index contributed by atoms with van der Waals surface area (Å²) in [4.78, 5) is 12.2. The number of carbonyl (C=O) groups excluding carboxylic acids is 1. The van der Waals surface area contributed by atoms with Crippen LogP contribution in [0.15, 0.2) is 6.20 Å². The fraction of sp³-hybridized carbons (Fsp3) is 0.643. The molecule has 0 radical (unpaired) electrons. The zero-order valence-electron chi connectivity index (χ0n) is 12.4. The molecule has 0 bridgehead atoms. The summed E-state index contributed by atoms with van der Waals surface area (Å²) in [5.74, 6) is -0.446. The monoisotopic (exact) mass is 299 g/mol. The number of hydrogen-bond donors (Lipinski definition) is 0. The van der Waals surface area contributed by atoms with E-state index in [2.05, 4.69) is 0 Å². The van der Waals surface area contributed by atoms with Crippen LogP contribution in [-0.4, -0.2) is 30.2 Å². The summed E-state index contributed by atoms with van der Waals surface area (Å²) in [5.41, 5.74) is 1.36. The van der Waals surface area contributed by atoms with Gasteiger partial charge < -0.3 is 4.74 Å². The average Bonchev–Trinajstić information content (AvgIpc) is 2.65. The molecule has 0 N–H and O–H groups in total. The first-order valence-electron chi connectivity index (χ1n) is 6.76. The third-order valence-electron chi connectivity index (χ3n) is 3.25. The first kappa shape index (κ1) is 15.1. The molecule has 0 unspecified atom stereocenters. The summed E-state index contributed by atoms with van der Waals surface area (Å²) >= 11 is 0. The Balaban J connectivity index is 2.50. The number of rotatable bonds is 2. The maximum absolute atomic E-state index is 12.2. The van der Waals surface area contributed by atoms with Gasteiger partial charge in [-0.05, 0) is 52.0 Å². The van der Waals surface area contributed by atoms with Gasteiger partial charge in [0.15, 0.2) is 0 Å². The van der Waals surface area contributed by atoms with Crippen molar-refractivity contribution in [2.75, 3.05) is 6.26 Å². The molecule has 0 saturated carbocycles. The normalized spacial score (nSPS) is 15.8. The van der Waals surface area contributed by atoms with Crippen LogP contribution in [0.4, 0.5) is 0 Å². The van der Waals surface area contributed by atoms with Crippen molar-refractivity contribution in [3.8, 4) is 0 Å². The summed E-state index contributed by atoms with van der Waals surface area (Å²) in [6.45, 7) is 5.39. The second-order valence-corrected chi connectivity index (χ2v) is 8.10. The van der Waals surface area contributed by atoms with Crippen molar-refractivity contribution in [1.82, 2.24) is 3.97 Å². The van der Waals surface area contributed by atoms with E-state index in [-0.39, 0.29) is 0 Å². The lowest BCUT2D eigenvalue weighted by Crippen LogP contribution is -2.24. The number of esters is 1. The van der Waals surface area contributed by atoms with Crippen molar-refractivity contribution in [2.24, 2.45) is 0 Å². The van der Waals surface area contributed by atoms with Crippen LogP contribution in [0.25, 0.3) is 0 Å². The Morgan fingerprint density at radius 1 is 1.25 bits per heavy atom. The minimum absolute atomic E-state index is 0.389. The molecule has 20 heavy (non-hydrogen) atoms. The third kappa shape index (κ3) is 3.06. The quantitative estimate of drug-likeness (QED) is 0.785. The van der Waals surface area contributed by atoms with Gasteiger partial charge in [0, 0.05) is 11.9 Å². The summed E-state index contributed by atoms with van der Waals surface area (Å²) in [6.07, 6.45) is 5.90. The highest BCUT2D eigenvalue weighted by Crippen LogP contribution is 2.29. The van der Waals surface area contributed by atoms with Gasteiger partial charge in [0.2, 0.25) is 10.0 Å². The molecule has 0 spiro atoms. The van der Waals surface area contributed by atoms with E-state index in [1.54, 1.807) is 20.8 Å². The van der Waals surface area contributed by atoms with Crippen molar-refractivity contribution < 1.29 is 17.9 Å². The molecule has 2 rings (SSSR count). The van der Waals surface area contributed by atoms with Gasteiger partial charge in [-0.25, -0.2) is 17.2 Å². The number of fused-ring (bicyclic) bond motifs is 1. The lowest BCUT2D eigenvalue weighted by molar-refractivity contribution is 0.00684. The molecule has 6 heteroatoms. The van der Waals surface area contributed by atoms with Crippen LogP contribution in [0.3, 0.4) is 0 Å². The van der Waals surface area contributed by atoms with Crippen LogP contribution < -0.4 is 0 Å². The van der Waals surface area contributed by atoms with Crippen LogP contribution in [0.5, 0.6) is 0 Å². The molecule has 1 heterocycles. The molecular weight excluding hydrogens is 278 g/mol. The molecule has 0 aromatic carbocycles. The van der Waals surface area contributed by atoms with Crippen molar-refractivity contribution >= 4 is 16.0 Å². The van der Waals surface area contributed by atoms with E-state index >= 15 is 0 Å². The van der Waals surface area contributed by atoms with Gasteiger partial charge in [-0.15, -0.1) is 0 Å². The molecule has 5 nitrogen and oxygen atoms in total. The van der Waals surface area contributed by atoms with E-state index in [0.29, 0.717) is 12.0 Å². The second kappa shape index (κ2) is 4.91. The first-order valence-corrected chi connectivity index (χ1v) is 8.61. The molecule has 1 aliphatic rings. The first-order chi connectivity index (χ1) is 9.09. The minimum Gasteiger partial charge on any atom is -0.456 e. The summed E-state index contributed by atoms with van der Waals surface area (Å²) < 4.78 is 30.3. The Morgan fingerprint density at radius 3 is 2.40 bits per heavy atom. The predicted octanol–water partition coefficient (Wildman–Crippen LogP) is 2.13. The Morgan fingerprint density at radius 2 is 1.85 bits per heavy atom. The molecule has 0 amide bonds. The van der Waals surface area contributed by atoms with E-state index in [1.165, 1.54) is 10.2 Å². The lowest BCUT2D eigenvalue weighted by Gasteiger charge is -2.20. The lowest BCUT2D eigenvalue weighted by atomic mass is 9.95. The van der Waals surface area contributed by atoms with Crippen molar-refractivity contribution in [1.29, 1.82) is 0 Å². The van der Waals surface area contributed by atoms with E-state index in [0.717, 1.165) is 36.8 Å². The van der Waals surface area contributed by atoms with Crippen molar-refractivity contribution in [3.05, 3.63) is 23.0 Å². The van der Waals surface area contributed by atoms with Crippen LogP contribution in [0.2, 0.25) is 0 Å². The third-order valence-corrected chi connectivity index (χ3v) is 4.29. The molecule has 0 saturated heterocycles. The Bertz CT molecular complexity index is 635. The molecule has 1 aromatic rings. The van der Waals surface area contributed by atoms with Gasteiger partial charge >= 0.3 is 5.97 Å². The van der Waals surface area contributed by atoms with Gasteiger partial charge in [-0.1, -0.05) is 0 Å². The van der Waals surface area contributed by atoms with Crippen molar-refractivity contribution in [3.63, 3.8) is 0 Å². The molecule has 1 aromatic heterocycles. The molecule has 0 fully saturated rings. The topological polar surface area (TPSA) is 65.4 Å². The van der Waals surface area contributed by atoms with E-state index in [4.69, 9.17) is 4.74 Å². The van der Waals surface area contributed by atoms with Crippen LogP contribution >= 0.6 is 0 Å². The van der Waals surface area contributed by atoms with Gasteiger partial charge in [0.25, 0.3) is 0 Å². The Hall–Kier alpha value is -1.30. The highest BCUT2D eigenvalue weighted by atomic mass is 32.2. The largest absolute Gasteiger partial charge is 0.456 e. The van der Waals surface area contributed by atoms with Gasteiger partial charge in [0.05, 0.1) is 11.8 Å². The van der Waals surface area contributed by atoms with Gasteiger partial charge in [-0.2, -0.15) is 0 Å². The maximum atomic E-state index is 12.2. The maximum Gasteiger partial charge on any atom is 0.340 e. The van der Waals surface area contributed by atoms with Crippen LogP contribution in [0, 0.1) is 0 Å². The van der Waals surface area contributed by atoms with Gasteiger partial charge in [0.1, 0.15) is 5.60 Å². The molecular formula is C14H21NO4S. The van der Waals surface area contributed by atoms with Crippen molar-refractivity contribution in [2.45, 2.75) is 52.1 Å². The fourth-order valence-corrected chi connectivity index (χ4v) is 3.40. The number of carbonyl (C=O) groups is 1. The average molecular weight is 299 g/mol. The highest BCUT2D eigenvalue weighted by Gasteiger charge is 2.28. The van der Waals surface area contributed by atoms with E-state index in [1.807, 2.05) is 0 Å². The zero-order chi connectivity index (χ0) is 15.1. The van der Waals surface area contributed by atoms with Crippen LogP contribution in [-0.2, 0) is 27.6 Å². The fourth-order valence-electron chi connectivity index (χ4n) is 2.50. The van der Waals surface area contributed by atoms with E-state index in [9.17, 15) is 13.2 Å². The summed E-state index contributed by atoms with van der Waals surface area (Å²) in [7, 11) is -3.39. The highest BCUT2D eigenvalue weighted by molar-refractivity contribution is 7.89. The smallest absolute Gasteiger partial charge is 0.340 e. The number of aromatic nitrogens is 1. The molecule has 0 aliphatic heterocycles. The number of nitrogens with zero attached hydrogens (tertiary/aromatic N) is 1. The summed E-state index contributed by atoms with van der Waals surface area (Å²) in [5, 5.41) is 0. The molecule has 1 aliphatic carbocycles. The second-order valence-electron chi connectivity index (χ2n) is 6.24. The molecule has 0 atom stereocenters. The van der Waals surface area contributed by atoms with Crippen LogP contribution in [0.1, 0.15) is 55.2 Å².